The Labute approximate surface area is 156 Å². The van der Waals surface area contributed by atoms with Crippen LogP contribution in [0.1, 0.15) is 21.5 Å². The van der Waals surface area contributed by atoms with Crippen LogP contribution in [0.15, 0.2) is 71.7 Å². The van der Waals surface area contributed by atoms with E-state index < -0.39 is 0 Å². The Morgan fingerprint density at radius 2 is 1.77 bits per heavy atom. The summed E-state index contributed by atoms with van der Waals surface area (Å²) in [6.07, 6.45) is 2.47. The molecule has 2 aromatic carbocycles. The van der Waals surface area contributed by atoms with Crippen LogP contribution < -0.4 is 10.5 Å². The average Bonchev–Trinajstić information content (AvgIpc) is 3.09. The number of para-hydroxylation sites is 1. The highest BCUT2D eigenvalue weighted by Gasteiger charge is 2.25. The zero-order chi connectivity index (χ0) is 18.1. The number of pyridine rings is 1. The number of carbonyl (C=O) groups is 1. The molecule has 1 amide bonds. The summed E-state index contributed by atoms with van der Waals surface area (Å²) in [6, 6.07) is 18.3. The summed E-state index contributed by atoms with van der Waals surface area (Å²) in [4.78, 5) is 27.0. The lowest BCUT2D eigenvalue weighted by molar-refractivity contribution is 0.0988. The number of amides is 1. The van der Waals surface area contributed by atoms with Gasteiger partial charge < -0.3 is 9.47 Å². The molecule has 0 unspecified atom stereocenters. The van der Waals surface area contributed by atoms with Crippen LogP contribution >= 0.6 is 11.6 Å². The topological polar surface area (TPSA) is 42.3 Å². The Morgan fingerprint density at radius 3 is 2.62 bits per heavy atom. The van der Waals surface area contributed by atoms with E-state index in [0.29, 0.717) is 23.7 Å². The molecule has 0 saturated carbocycles. The van der Waals surface area contributed by atoms with Crippen molar-refractivity contribution in [3.05, 3.63) is 98.9 Å². The van der Waals surface area contributed by atoms with Crippen molar-refractivity contribution in [1.82, 2.24) is 4.57 Å². The summed E-state index contributed by atoms with van der Waals surface area (Å²) in [5.74, 6) is -0.0946. The number of hydrogen-bond acceptors (Lipinski definition) is 2. The van der Waals surface area contributed by atoms with Crippen molar-refractivity contribution in [3.8, 4) is 0 Å². The van der Waals surface area contributed by atoms with E-state index in [-0.39, 0.29) is 11.5 Å². The molecule has 1 aliphatic heterocycles. The fraction of sp³-hybridized carbons (Fsp3) is 0.143. The van der Waals surface area contributed by atoms with E-state index in [1.807, 2.05) is 42.5 Å². The molecule has 0 aliphatic carbocycles. The Balaban J connectivity index is 1.65. The number of carbonyl (C=O) groups excluding carboxylic acids is 1. The van der Waals surface area contributed by atoms with Crippen molar-refractivity contribution in [1.29, 1.82) is 0 Å². The van der Waals surface area contributed by atoms with Crippen molar-refractivity contribution < 1.29 is 4.79 Å². The van der Waals surface area contributed by atoms with Crippen LogP contribution in [0, 0.1) is 0 Å². The van der Waals surface area contributed by atoms with Gasteiger partial charge in [-0.1, -0.05) is 48.0 Å². The van der Waals surface area contributed by atoms with Gasteiger partial charge in [0.25, 0.3) is 11.5 Å². The van der Waals surface area contributed by atoms with E-state index in [1.165, 1.54) is 16.2 Å². The molecule has 4 rings (SSSR count). The molecule has 2 heterocycles. The van der Waals surface area contributed by atoms with Crippen LogP contribution in [0.5, 0.6) is 0 Å². The van der Waals surface area contributed by atoms with Gasteiger partial charge in [0.15, 0.2) is 0 Å². The fourth-order valence-electron chi connectivity index (χ4n) is 3.30. The van der Waals surface area contributed by atoms with Crippen molar-refractivity contribution in [3.63, 3.8) is 0 Å². The summed E-state index contributed by atoms with van der Waals surface area (Å²) >= 11 is 6.20. The second-order valence-electron chi connectivity index (χ2n) is 6.31. The molecule has 3 aromatic rings. The minimum Gasteiger partial charge on any atom is -0.310 e. The third kappa shape index (κ3) is 3.04. The second kappa shape index (κ2) is 6.81. The van der Waals surface area contributed by atoms with Crippen LogP contribution in [0.3, 0.4) is 0 Å². The number of anilines is 1. The monoisotopic (exact) mass is 364 g/mol. The quantitative estimate of drug-likeness (QED) is 0.710. The number of aromatic nitrogens is 1. The molecule has 26 heavy (non-hydrogen) atoms. The van der Waals surface area contributed by atoms with Crippen molar-refractivity contribution >= 4 is 23.2 Å². The van der Waals surface area contributed by atoms with Gasteiger partial charge in [-0.05, 0) is 35.7 Å². The summed E-state index contributed by atoms with van der Waals surface area (Å²) in [7, 11) is 0. The van der Waals surface area contributed by atoms with Gasteiger partial charge in [0.05, 0.1) is 12.1 Å². The summed E-state index contributed by atoms with van der Waals surface area (Å²) in [5.41, 5.74) is 3.29. The average molecular weight is 365 g/mol. The van der Waals surface area contributed by atoms with Crippen LogP contribution in [0.4, 0.5) is 5.69 Å². The zero-order valence-electron chi connectivity index (χ0n) is 14.1. The second-order valence-corrected chi connectivity index (χ2v) is 6.72. The molecule has 0 radical (unpaired) electrons. The minimum atomic E-state index is -0.164. The Kier molecular flexibility index (Phi) is 4.35. The number of halogens is 1. The molecule has 4 nitrogen and oxygen atoms in total. The van der Waals surface area contributed by atoms with Crippen molar-refractivity contribution in [2.45, 2.75) is 13.0 Å². The van der Waals surface area contributed by atoms with E-state index in [4.69, 9.17) is 11.6 Å². The molecule has 0 saturated heterocycles. The van der Waals surface area contributed by atoms with Gasteiger partial charge in [-0.3, -0.25) is 9.59 Å². The van der Waals surface area contributed by atoms with Gasteiger partial charge >= 0.3 is 0 Å². The first-order chi connectivity index (χ1) is 12.6. The van der Waals surface area contributed by atoms with Gasteiger partial charge in [-0.15, -0.1) is 0 Å². The highest BCUT2D eigenvalue weighted by molar-refractivity contribution is 6.31. The molecule has 0 spiro atoms. The van der Waals surface area contributed by atoms with E-state index in [9.17, 15) is 9.59 Å². The van der Waals surface area contributed by atoms with Gasteiger partial charge in [0.1, 0.15) is 0 Å². The molecule has 1 aliphatic rings. The largest absolute Gasteiger partial charge is 0.310 e. The Morgan fingerprint density at radius 1 is 1.00 bits per heavy atom. The molecule has 0 fully saturated rings. The lowest BCUT2D eigenvalue weighted by atomic mass is 10.1. The molecule has 1 aromatic heterocycles. The summed E-state index contributed by atoms with van der Waals surface area (Å²) in [6.45, 7) is 0.984. The Hall–Kier alpha value is -2.85. The molecule has 0 atom stereocenters. The number of rotatable bonds is 3. The highest BCUT2D eigenvalue weighted by Crippen LogP contribution is 2.28. The zero-order valence-corrected chi connectivity index (χ0v) is 14.8. The third-order valence-electron chi connectivity index (χ3n) is 4.66. The number of benzene rings is 2. The van der Waals surface area contributed by atoms with Gasteiger partial charge in [0, 0.05) is 29.5 Å². The highest BCUT2D eigenvalue weighted by atomic mass is 35.5. The molecule has 5 heteroatoms. The predicted octanol–water partition coefficient (Wildman–Crippen LogP) is 3.75. The van der Waals surface area contributed by atoms with Gasteiger partial charge in [-0.25, -0.2) is 0 Å². The van der Waals surface area contributed by atoms with Gasteiger partial charge in [-0.2, -0.15) is 0 Å². The maximum Gasteiger partial charge on any atom is 0.259 e. The van der Waals surface area contributed by atoms with E-state index >= 15 is 0 Å². The molecule has 130 valence electrons. The SMILES string of the molecule is O=C(c1ccc(=O)n(Cc2ccccc2Cl)c1)N1CCc2ccccc21. The molecular formula is C21H17ClN2O2. The number of nitrogens with zero attached hydrogens (tertiary/aromatic N) is 2. The first-order valence-corrected chi connectivity index (χ1v) is 8.85. The first-order valence-electron chi connectivity index (χ1n) is 8.47. The van der Waals surface area contributed by atoms with Crippen LogP contribution in [-0.2, 0) is 13.0 Å². The maximum absolute atomic E-state index is 13.0. The van der Waals surface area contributed by atoms with Crippen molar-refractivity contribution in [2.24, 2.45) is 0 Å². The number of hydrogen-bond donors (Lipinski definition) is 0. The molecule has 0 N–H and O–H groups in total. The summed E-state index contributed by atoms with van der Waals surface area (Å²) < 4.78 is 1.52. The minimum absolute atomic E-state index is 0.0946. The van der Waals surface area contributed by atoms with E-state index in [0.717, 1.165) is 17.7 Å². The first kappa shape index (κ1) is 16.6. The normalized spacial score (nSPS) is 12.9. The van der Waals surface area contributed by atoms with E-state index in [2.05, 4.69) is 0 Å². The lowest BCUT2D eigenvalue weighted by Crippen LogP contribution is -2.30. The van der Waals surface area contributed by atoms with Crippen LogP contribution in [0.2, 0.25) is 5.02 Å². The van der Waals surface area contributed by atoms with Gasteiger partial charge in [0.2, 0.25) is 0 Å². The fourth-order valence-corrected chi connectivity index (χ4v) is 3.49. The van der Waals surface area contributed by atoms with E-state index in [1.54, 1.807) is 23.2 Å². The summed E-state index contributed by atoms with van der Waals surface area (Å²) in [5, 5.41) is 0.601. The molecular weight excluding hydrogens is 348 g/mol. The van der Waals surface area contributed by atoms with Crippen molar-refractivity contribution in [2.75, 3.05) is 11.4 Å². The third-order valence-corrected chi connectivity index (χ3v) is 5.03. The number of fused-ring (bicyclic) bond motifs is 1. The predicted molar refractivity (Wildman–Crippen MR) is 103 cm³/mol. The maximum atomic E-state index is 13.0. The Bertz CT molecular complexity index is 1040. The van der Waals surface area contributed by atoms with Crippen LogP contribution in [-0.4, -0.2) is 17.0 Å². The van der Waals surface area contributed by atoms with Crippen LogP contribution in [0.25, 0.3) is 0 Å². The standard InChI is InChI=1S/C21H17ClN2O2/c22-18-7-3-1-6-16(18)13-23-14-17(9-10-20(23)25)21(26)24-12-11-15-5-2-4-8-19(15)24/h1-10,14H,11-13H2. The smallest absolute Gasteiger partial charge is 0.259 e. The lowest BCUT2D eigenvalue weighted by Gasteiger charge is -2.18. The molecule has 0 bridgehead atoms.